The van der Waals surface area contributed by atoms with E-state index in [4.69, 9.17) is 15.5 Å². The Bertz CT molecular complexity index is 1430. The van der Waals surface area contributed by atoms with Crippen molar-refractivity contribution in [3.63, 3.8) is 0 Å². The Balaban J connectivity index is 1.64. The minimum atomic E-state index is 0.656. The number of nitrogen functional groups attached to an aromatic ring is 1. The van der Waals surface area contributed by atoms with Crippen LogP contribution in [0.2, 0.25) is 0 Å². The van der Waals surface area contributed by atoms with Gasteiger partial charge in [-0.1, -0.05) is 30.3 Å². The van der Waals surface area contributed by atoms with Gasteiger partial charge in [0.05, 0.1) is 11.2 Å². The lowest BCUT2D eigenvalue weighted by atomic mass is 10.0. The molecular formula is C27H22N4O. The highest BCUT2D eigenvalue weighted by Crippen LogP contribution is 2.37. The predicted octanol–water partition coefficient (Wildman–Crippen LogP) is 6.35. The van der Waals surface area contributed by atoms with Crippen molar-refractivity contribution in [2.75, 3.05) is 5.73 Å². The number of fused-ring (bicyclic) bond motifs is 1. The second-order valence-electron chi connectivity index (χ2n) is 7.68. The molecule has 5 nitrogen and oxygen atoms in total. The Kier molecular flexibility index (Phi) is 5.00. The summed E-state index contributed by atoms with van der Waals surface area (Å²) in [5.74, 6) is 1.36. The first-order chi connectivity index (χ1) is 15.6. The van der Waals surface area contributed by atoms with Gasteiger partial charge in [-0.15, -0.1) is 0 Å². The van der Waals surface area contributed by atoms with Crippen molar-refractivity contribution < 1.29 is 4.74 Å². The molecule has 0 atom stereocenters. The van der Waals surface area contributed by atoms with Gasteiger partial charge in [0.1, 0.15) is 11.4 Å². The smallest absolute Gasteiger partial charge is 0.155 e. The Morgan fingerprint density at radius 2 is 1.62 bits per heavy atom. The molecule has 5 heteroatoms. The van der Waals surface area contributed by atoms with Crippen LogP contribution >= 0.6 is 0 Å². The average Bonchev–Trinajstić information content (AvgIpc) is 2.82. The van der Waals surface area contributed by atoms with Gasteiger partial charge in [-0.25, -0.2) is 4.98 Å². The van der Waals surface area contributed by atoms with Gasteiger partial charge < -0.3 is 10.5 Å². The molecule has 0 aliphatic heterocycles. The topological polar surface area (TPSA) is 73.9 Å². The zero-order valence-electron chi connectivity index (χ0n) is 17.9. The first-order valence-corrected chi connectivity index (χ1v) is 10.4. The van der Waals surface area contributed by atoms with Gasteiger partial charge in [-0.05, 0) is 67.4 Å². The Labute approximate surface area is 186 Å². The molecule has 5 aromatic rings. The lowest BCUT2D eigenvalue weighted by molar-refractivity contribution is 0.486. The third-order valence-corrected chi connectivity index (χ3v) is 5.53. The number of aromatic nitrogens is 3. The fourth-order valence-corrected chi connectivity index (χ4v) is 3.70. The van der Waals surface area contributed by atoms with Crippen molar-refractivity contribution in [2.24, 2.45) is 0 Å². The first kappa shape index (κ1) is 19.7. The number of benzene rings is 2. The van der Waals surface area contributed by atoms with E-state index < -0.39 is 0 Å². The maximum Gasteiger partial charge on any atom is 0.155 e. The lowest BCUT2D eigenvalue weighted by Crippen LogP contribution is -1.98. The number of nitrogens with zero attached hydrogens (tertiary/aromatic N) is 3. The molecule has 0 saturated carbocycles. The van der Waals surface area contributed by atoms with E-state index in [9.17, 15) is 0 Å². The molecule has 3 aromatic heterocycles. The normalized spacial score (nSPS) is 10.9. The van der Waals surface area contributed by atoms with E-state index in [0.29, 0.717) is 17.2 Å². The zero-order chi connectivity index (χ0) is 22.1. The van der Waals surface area contributed by atoms with Gasteiger partial charge in [-0.3, -0.25) is 9.97 Å². The average molecular weight is 419 g/mol. The highest BCUT2D eigenvalue weighted by molar-refractivity contribution is 5.91. The van der Waals surface area contributed by atoms with Gasteiger partial charge >= 0.3 is 0 Å². The van der Waals surface area contributed by atoms with E-state index in [2.05, 4.69) is 16.0 Å². The number of nitrogens with two attached hydrogens (primary N) is 1. The van der Waals surface area contributed by atoms with Crippen LogP contribution in [0.25, 0.3) is 33.4 Å². The highest BCUT2D eigenvalue weighted by Gasteiger charge is 2.15. The van der Waals surface area contributed by atoms with Crippen molar-refractivity contribution >= 4 is 16.6 Å². The van der Waals surface area contributed by atoms with Crippen LogP contribution in [-0.2, 0) is 0 Å². The van der Waals surface area contributed by atoms with Gasteiger partial charge in [-0.2, -0.15) is 0 Å². The van der Waals surface area contributed by atoms with Crippen LogP contribution in [0.3, 0.4) is 0 Å². The molecule has 0 radical (unpaired) electrons. The second-order valence-corrected chi connectivity index (χ2v) is 7.68. The molecule has 0 amide bonds. The van der Waals surface area contributed by atoms with E-state index in [1.165, 1.54) is 0 Å². The maximum atomic E-state index is 6.46. The molecule has 5 rings (SSSR count). The Morgan fingerprint density at radius 1 is 0.781 bits per heavy atom. The molecule has 0 spiro atoms. The number of para-hydroxylation sites is 1. The van der Waals surface area contributed by atoms with E-state index in [-0.39, 0.29) is 0 Å². The highest BCUT2D eigenvalue weighted by atomic mass is 16.5. The van der Waals surface area contributed by atoms with Gasteiger partial charge in [0.2, 0.25) is 0 Å². The molecule has 2 aromatic carbocycles. The van der Waals surface area contributed by atoms with Crippen molar-refractivity contribution in [3.8, 4) is 34.0 Å². The van der Waals surface area contributed by atoms with Crippen molar-refractivity contribution in [2.45, 2.75) is 13.8 Å². The molecule has 0 unspecified atom stereocenters. The summed E-state index contributed by atoms with van der Waals surface area (Å²) in [5.41, 5.74) is 13.2. The summed E-state index contributed by atoms with van der Waals surface area (Å²) in [5, 5.41) is 0.901. The standard InChI is InChI=1S/C27H22N4O/c1-17-15-26(27(31-18(17)2)24-9-5-6-13-29-24)32-25-12-14-30-23-11-10-19(16-21(23)25)20-7-3-4-8-22(20)28/h3-16H,28H2,1-2H3. The summed E-state index contributed by atoms with van der Waals surface area (Å²) in [4.78, 5) is 13.8. The molecule has 32 heavy (non-hydrogen) atoms. The number of pyridine rings is 3. The van der Waals surface area contributed by atoms with Crippen LogP contribution in [0.5, 0.6) is 11.5 Å². The van der Waals surface area contributed by atoms with E-state index in [1.807, 2.05) is 80.6 Å². The number of rotatable bonds is 4. The van der Waals surface area contributed by atoms with Gasteiger partial charge in [0, 0.05) is 34.7 Å². The molecule has 156 valence electrons. The lowest BCUT2D eigenvalue weighted by Gasteiger charge is -2.15. The summed E-state index contributed by atoms with van der Waals surface area (Å²) in [7, 11) is 0. The minimum Gasteiger partial charge on any atom is -0.454 e. The predicted molar refractivity (Wildman–Crippen MR) is 129 cm³/mol. The third kappa shape index (κ3) is 3.65. The van der Waals surface area contributed by atoms with Crippen LogP contribution in [0.4, 0.5) is 5.69 Å². The second kappa shape index (κ2) is 8.12. The molecule has 2 N–H and O–H groups in total. The van der Waals surface area contributed by atoms with Crippen molar-refractivity contribution in [3.05, 3.63) is 96.4 Å². The molecule has 0 bridgehead atoms. The van der Waals surface area contributed by atoms with Gasteiger partial charge in [0.15, 0.2) is 5.75 Å². The van der Waals surface area contributed by atoms with Crippen LogP contribution in [0, 0.1) is 13.8 Å². The number of hydrogen-bond acceptors (Lipinski definition) is 5. The summed E-state index contributed by atoms with van der Waals surface area (Å²) in [6.07, 6.45) is 3.51. The summed E-state index contributed by atoms with van der Waals surface area (Å²) in [6, 6.07) is 23.6. The minimum absolute atomic E-state index is 0.656. The summed E-state index contributed by atoms with van der Waals surface area (Å²) < 4.78 is 6.46. The third-order valence-electron chi connectivity index (χ3n) is 5.53. The van der Waals surface area contributed by atoms with E-state index in [1.54, 1.807) is 12.4 Å². The van der Waals surface area contributed by atoms with Crippen molar-refractivity contribution in [1.82, 2.24) is 15.0 Å². The van der Waals surface area contributed by atoms with E-state index in [0.717, 1.165) is 44.7 Å². The number of ether oxygens (including phenoxy) is 1. The fourth-order valence-electron chi connectivity index (χ4n) is 3.70. The fraction of sp³-hybridized carbons (Fsp3) is 0.0741. The number of aryl methyl sites for hydroxylation is 2. The Morgan fingerprint density at radius 3 is 2.44 bits per heavy atom. The maximum absolute atomic E-state index is 6.46. The number of hydrogen-bond donors (Lipinski definition) is 1. The van der Waals surface area contributed by atoms with Crippen LogP contribution < -0.4 is 10.5 Å². The Hall–Kier alpha value is -4.25. The molecule has 0 saturated heterocycles. The SMILES string of the molecule is Cc1cc(Oc2ccnc3ccc(-c4ccccc4N)cc23)c(-c2ccccn2)nc1C. The molecule has 0 fully saturated rings. The molecule has 0 aliphatic carbocycles. The van der Waals surface area contributed by atoms with Crippen LogP contribution in [-0.4, -0.2) is 15.0 Å². The monoisotopic (exact) mass is 418 g/mol. The zero-order valence-corrected chi connectivity index (χ0v) is 17.9. The summed E-state index contributed by atoms with van der Waals surface area (Å²) >= 11 is 0. The van der Waals surface area contributed by atoms with Crippen LogP contribution in [0.15, 0.2) is 85.2 Å². The largest absolute Gasteiger partial charge is 0.454 e. The van der Waals surface area contributed by atoms with Crippen molar-refractivity contribution in [1.29, 1.82) is 0 Å². The molecular weight excluding hydrogens is 396 g/mol. The first-order valence-electron chi connectivity index (χ1n) is 10.4. The molecule has 0 aliphatic rings. The molecule has 3 heterocycles. The summed E-state index contributed by atoms with van der Waals surface area (Å²) in [6.45, 7) is 4.02. The quantitative estimate of drug-likeness (QED) is 0.344. The van der Waals surface area contributed by atoms with Crippen LogP contribution in [0.1, 0.15) is 11.3 Å². The van der Waals surface area contributed by atoms with Gasteiger partial charge in [0.25, 0.3) is 0 Å². The van der Waals surface area contributed by atoms with E-state index >= 15 is 0 Å². The number of anilines is 1.